The minimum absolute atomic E-state index is 0.977. The number of nitrogens with zero attached hydrogens (tertiary/aromatic N) is 1. The van der Waals surface area contributed by atoms with Gasteiger partial charge in [0.2, 0.25) is 0 Å². The van der Waals surface area contributed by atoms with E-state index >= 15 is 0 Å². The highest BCUT2D eigenvalue weighted by atomic mass is 14.7. The molecule has 2 aliphatic rings. The van der Waals surface area contributed by atoms with E-state index in [-0.39, 0.29) is 0 Å². The molecule has 0 saturated carbocycles. The van der Waals surface area contributed by atoms with Crippen molar-refractivity contribution in [3.05, 3.63) is 47.7 Å². The van der Waals surface area contributed by atoms with Crippen LogP contribution in [-0.4, -0.2) is 6.21 Å². The van der Waals surface area contributed by atoms with Crippen molar-refractivity contribution in [3.8, 4) is 0 Å². The van der Waals surface area contributed by atoms with Crippen LogP contribution in [0.15, 0.2) is 52.7 Å². The minimum Gasteiger partial charge on any atom is -0.268 e. The molecule has 0 amide bonds. The normalized spacial score (nSPS) is 19.6. The van der Waals surface area contributed by atoms with Crippen LogP contribution in [0.5, 0.6) is 0 Å². The smallest absolute Gasteiger partial charge is 0.0300 e. The molecule has 0 N–H and O–H groups in total. The first-order valence-electron chi connectivity index (χ1n) is 3.72. The summed E-state index contributed by atoms with van der Waals surface area (Å²) in [6.07, 6.45) is 15.3. The Kier molecular flexibility index (Phi) is 1.56. The molecule has 0 fully saturated rings. The average molecular weight is 143 g/mol. The van der Waals surface area contributed by atoms with Crippen LogP contribution < -0.4 is 0 Å². The highest BCUT2D eigenvalue weighted by Crippen LogP contribution is 2.14. The van der Waals surface area contributed by atoms with Gasteiger partial charge in [-0.1, -0.05) is 24.3 Å². The maximum atomic E-state index is 4.03. The molecule has 1 heteroatoms. The van der Waals surface area contributed by atoms with Gasteiger partial charge in [0.15, 0.2) is 0 Å². The summed E-state index contributed by atoms with van der Waals surface area (Å²) in [5.41, 5.74) is 2.55. The second-order valence-corrected chi connectivity index (χ2v) is 2.60. The first-order chi connectivity index (χ1) is 5.45. The molecule has 0 saturated heterocycles. The molecule has 0 aromatic heterocycles. The molecule has 0 bridgehead atoms. The third kappa shape index (κ3) is 1.37. The lowest BCUT2D eigenvalue weighted by Gasteiger charge is -1.90. The lowest BCUT2D eigenvalue weighted by molar-refractivity contribution is 1.41. The molecule has 1 aliphatic carbocycles. The minimum atomic E-state index is 0.977. The molecule has 0 atom stereocenters. The van der Waals surface area contributed by atoms with Crippen molar-refractivity contribution >= 4 is 6.21 Å². The Morgan fingerprint density at radius 1 is 1.27 bits per heavy atom. The molecule has 0 radical (unpaired) electrons. The Labute approximate surface area is 66.1 Å². The Morgan fingerprint density at radius 2 is 2.09 bits per heavy atom. The molecule has 1 aliphatic heterocycles. The van der Waals surface area contributed by atoms with Crippen molar-refractivity contribution in [3.63, 3.8) is 0 Å². The zero-order valence-electron chi connectivity index (χ0n) is 6.20. The Hall–Kier alpha value is -1.37. The summed E-state index contributed by atoms with van der Waals surface area (Å²) in [7, 11) is 0. The van der Waals surface area contributed by atoms with Crippen LogP contribution in [-0.2, 0) is 0 Å². The summed E-state index contributed by atoms with van der Waals surface area (Å²) in [5.74, 6) is 0. The zero-order chi connectivity index (χ0) is 7.52. The standard InChI is InChI=1S/C10H9N/c1-2-4-9(3-1)7-10-5-6-11-8-10/h1-4,6-8H,5H2. The molecular weight excluding hydrogens is 134 g/mol. The highest BCUT2D eigenvalue weighted by Gasteiger charge is 1.98. The fourth-order valence-corrected chi connectivity index (χ4v) is 1.15. The van der Waals surface area contributed by atoms with E-state index in [2.05, 4.69) is 23.2 Å². The lowest BCUT2D eigenvalue weighted by atomic mass is 10.1. The van der Waals surface area contributed by atoms with Crippen LogP contribution in [0, 0.1) is 0 Å². The van der Waals surface area contributed by atoms with Crippen LogP contribution in [0.4, 0.5) is 0 Å². The molecule has 0 aromatic carbocycles. The maximum absolute atomic E-state index is 4.03. The van der Waals surface area contributed by atoms with E-state index in [4.69, 9.17) is 0 Å². The summed E-state index contributed by atoms with van der Waals surface area (Å²) in [4.78, 5) is 4.03. The Balaban J connectivity index is 2.15. The number of hydrogen-bond acceptors (Lipinski definition) is 1. The van der Waals surface area contributed by atoms with Gasteiger partial charge in [-0.2, -0.15) is 0 Å². The van der Waals surface area contributed by atoms with Gasteiger partial charge in [-0.05, 0) is 17.2 Å². The van der Waals surface area contributed by atoms with Crippen LogP contribution in [0.2, 0.25) is 0 Å². The van der Waals surface area contributed by atoms with Gasteiger partial charge in [0.25, 0.3) is 0 Å². The zero-order valence-corrected chi connectivity index (χ0v) is 6.20. The van der Waals surface area contributed by atoms with Crippen LogP contribution in [0.25, 0.3) is 0 Å². The summed E-state index contributed by atoms with van der Waals surface area (Å²) in [5, 5.41) is 0. The summed E-state index contributed by atoms with van der Waals surface area (Å²) in [6.45, 7) is 0. The summed E-state index contributed by atoms with van der Waals surface area (Å²) in [6, 6.07) is 0. The Morgan fingerprint density at radius 3 is 2.73 bits per heavy atom. The van der Waals surface area contributed by atoms with E-state index in [1.807, 2.05) is 24.6 Å². The molecule has 0 aromatic rings. The highest BCUT2D eigenvalue weighted by molar-refractivity contribution is 5.67. The second kappa shape index (κ2) is 2.70. The fourth-order valence-electron chi connectivity index (χ4n) is 1.15. The molecule has 0 unspecified atom stereocenters. The van der Waals surface area contributed by atoms with Crippen LogP contribution >= 0.6 is 0 Å². The van der Waals surface area contributed by atoms with Gasteiger partial charge in [-0.15, -0.1) is 0 Å². The van der Waals surface area contributed by atoms with Crippen molar-refractivity contribution in [2.24, 2.45) is 4.99 Å². The van der Waals surface area contributed by atoms with Crippen molar-refractivity contribution < 1.29 is 0 Å². The molecule has 11 heavy (non-hydrogen) atoms. The van der Waals surface area contributed by atoms with E-state index in [1.54, 1.807) is 0 Å². The van der Waals surface area contributed by atoms with Gasteiger partial charge in [-0.3, -0.25) is 4.99 Å². The van der Waals surface area contributed by atoms with Crippen molar-refractivity contribution in [2.75, 3.05) is 0 Å². The summed E-state index contributed by atoms with van der Waals surface area (Å²) >= 11 is 0. The monoisotopic (exact) mass is 143 g/mol. The van der Waals surface area contributed by atoms with E-state index in [1.165, 1.54) is 11.1 Å². The van der Waals surface area contributed by atoms with Crippen molar-refractivity contribution in [1.82, 2.24) is 0 Å². The molecule has 1 nitrogen and oxygen atoms in total. The lowest BCUT2D eigenvalue weighted by Crippen LogP contribution is -1.75. The molecular formula is C10H9N. The predicted molar refractivity (Wildman–Crippen MR) is 47.6 cm³/mol. The second-order valence-electron chi connectivity index (χ2n) is 2.60. The molecule has 0 spiro atoms. The van der Waals surface area contributed by atoms with E-state index in [0.29, 0.717) is 0 Å². The van der Waals surface area contributed by atoms with E-state index in [0.717, 1.165) is 6.42 Å². The van der Waals surface area contributed by atoms with Gasteiger partial charge >= 0.3 is 0 Å². The molecule has 1 heterocycles. The number of aliphatic imine (C=N–C) groups is 1. The van der Waals surface area contributed by atoms with Crippen molar-refractivity contribution in [2.45, 2.75) is 6.42 Å². The average Bonchev–Trinajstić information content (AvgIpc) is 2.60. The topological polar surface area (TPSA) is 12.4 Å². The largest absolute Gasteiger partial charge is 0.268 e. The summed E-state index contributed by atoms with van der Waals surface area (Å²) < 4.78 is 0. The van der Waals surface area contributed by atoms with Crippen LogP contribution in [0.3, 0.4) is 0 Å². The third-order valence-corrected chi connectivity index (χ3v) is 1.71. The van der Waals surface area contributed by atoms with Gasteiger partial charge in [0.1, 0.15) is 0 Å². The first kappa shape index (κ1) is 6.35. The number of hydrogen-bond donors (Lipinski definition) is 0. The maximum Gasteiger partial charge on any atom is 0.0300 e. The molecule has 54 valence electrons. The quantitative estimate of drug-likeness (QED) is 0.534. The SMILES string of the molecule is C1=CC(=CC2=CN=CC2)C=C1. The van der Waals surface area contributed by atoms with E-state index in [9.17, 15) is 0 Å². The number of allylic oxidation sites excluding steroid dienone is 7. The number of rotatable bonds is 1. The predicted octanol–water partition coefficient (Wildman–Crippen LogP) is 2.40. The van der Waals surface area contributed by atoms with Crippen molar-refractivity contribution in [1.29, 1.82) is 0 Å². The molecule has 2 rings (SSSR count). The van der Waals surface area contributed by atoms with Crippen LogP contribution in [0.1, 0.15) is 6.42 Å². The van der Waals surface area contributed by atoms with E-state index < -0.39 is 0 Å². The van der Waals surface area contributed by atoms with Gasteiger partial charge in [-0.25, -0.2) is 0 Å². The van der Waals surface area contributed by atoms with Gasteiger partial charge in [0, 0.05) is 18.8 Å². The first-order valence-corrected chi connectivity index (χ1v) is 3.72. The third-order valence-electron chi connectivity index (χ3n) is 1.71. The Bertz CT molecular complexity index is 287. The fraction of sp³-hybridized carbons (Fsp3) is 0.100. The van der Waals surface area contributed by atoms with Gasteiger partial charge in [0.05, 0.1) is 0 Å². The van der Waals surface area contributed by atoms with Gasteiger partial charge < -0.3 is 0 Å².